The third-order valence-electron chi connectivity index (χ3n) is 2.36. The molecular weight excluding hydrogens is 238 g/mol. The average Bonchev–Trinajstić information content (AvgIpc) is 2.97. The summed E-state index contributed by atoms with van der Waals surface area (Å²) in [6.45, 7) is 1.86. The van der Waals surface area contributed by atoms with Crippen LogP contribution in [0.25, 0.3) is 22.2 Å². The molecule has 3 aromatic rings. The van der Waals surface area contributed by atoms with Crippen LogP contribution in [0.15, 0.2) is 33.4 Å². The Morgan fingerprint density at radius 1 is 1.29 bits per heavy atom. The molecule has 86 valence electrons. The quantitative estimate of drug-likeness (QED) is 0.753. The first-order valence-electron chi connectivity index (χ1n) is 4.98. The third-order valence-corrected chi connectivity index (χ3v) is 3.27. The first-order valence-corrected chi connectivity index (χ1v) is 5.79. The molecule has 3 heterocycles. The van der Waals surface area contributed by atoms with Crippen LogP contribution < -0.4 is 5.73 Å². The van der Waals surface area contributed by atoms with Gasteiger partial charge in [0.05, 0.1) is 21.7 Å². The maximum atomic E-state index is 5.66. The molecule has 0 radical (unpaired) electrons. The summed E-state index contributed by atoms with van der Waals surface area (Å²) in [5, 5.41) is 4.65. The number of anilines is 1. The summed E-state index contributed by atoms with van der Waals surface area (Å²) in [4.78, 5) is 5.18. The Balaban J connectivity index is 2.01. The van der Waals surface area contributed by atoms with E-state index in [1.807, 2.05) is 25.1 Å². The lowest BCUT2D eigenvalue weighted by Crippen LogP contribution is -1.79. The number of hydrogen-bond acceptors (Lipinski definition) is 6. The predicted octanol–water partition coefficient (Wildman–Crippen LogP) is 2.95. The molecule has 0 saturated carbocycles. The van der Waals surface area contributed by atoms with E-state index in [0.29, 0.717) is 11.7 Å². The molecule has 0 fully saturated rings. The number of hydrogen-bond donors (Lipinski definition) is 1. The number of nitrogens with two attached hydrogens (primary N) is 1. The molecule has 0 spiro atoms. The van der Waals surface area contributed by atoms with Gasteiger partial charge in [-0.05, 0) is 25.1 Å². The van der Waals surface area contributed by atoms with E-state index in [1.165, 1.54) is 11.3 Å². The Morgan fingerprint density at radius 2 is 2.18 bits per heavy atom. The lowest BCUT2D eigenvalue weighted by Gasteiger charge is -1.87. The summed E-state index contributed by atoms with van der Waals surface area (Å²) >= 11 is 1.41. The molecule has 3 rings (SSSR count). The summed E-state index contributed by atoms with van der Waals surface area (Å²) in [5.41, 5.74) is 6.49. The zero-order valence-electron chi connectivity index (χ0n) is 9.01. The van der Waals surface area contributed by atoms with E-state index in [-0.39, 0.29) is 0 Å². The predicted molar refractivity (Wildman–Crippen MR) is 64.5 cm³/mol. The van der Waals surface area contributed by atoms with Gasteiger partial charge >= 0.3 is 0 Å². The highest BCUT2D eigenvalue weighted by atomic mass is 32.1. The second-order valence-corrected chi connectivity index (χ2v) is 4.63. The van der Waals surface area contributed by atoms with Crippen molar-refractivity contribution in [1.82, 2.24) is 10.1 Å². The lowest BCUT2D eigenvalue weighted by molar-refractivity contribution is 0.433. The fourth-order valence-electron chi connectivity index (χ4n) is 1.52. The van der Waals surface area contributed by atoms with Gasteiger partial charge in [-0.3, -0.25) is 0 Å². The summed E-state index contributed by atoms with van der Waals surface area (Å²) in [7, 11) is 0. The molecule has 2 N–H and O–H groups in total. The highest BCUT2D eigenvalue weighted by Crippen LogP contribution is 2.30. The summed E-state index contributed by atoms with van der Waals surface area (Å²) in [5.74, 6) is 1.77. The Hall–Kier alpha value is -2.08. The SMILES string of the molecule is Cc1occc1-c1noc(-c2ccc(N)s2)n1. The van der Waals surface area contributed by atoms with Gasteiger partial charge in [0.15, 0.2) is 0 Å². The third kappa shape index (κ3) is 1.72. The summed E-state index contributed by atoms with van der Waals surface area (Å²) in [6, 6.07) is 5.49. The smallest absolute Gasteiger partial charge is 0.268 e. The Morgan fingerprint density at radius 3 is 2.82 bits per heavy atom. The minimum absolute atomic E-state index is 0.474. The molecule has 0 bridgehead atoms. The second kappa shape index (κ2) is 3.74. The van der Waals surface area contributed by atoms with Crippen LogP contribution in [0.2, 0.25) is 0 Å². The van der Waals surface area contributed by atoms with Crippen molar-refractivity contribution in [2.24, 2.45) is 0 Å². The van der Waals surface area contributed by atoms with Gasteiger partial charge in [0, 0.05) is 0 Å². The van der Waals surface area contributed by atoms with Crippen molar-refractivity contribution < 1.29 is 8.94 Å². The van der Waals surface area contributed by atoms with Gasteiger partial charge in [0.25, 0.3) is 5.89 Å². The highest BCUT2D eigenvalue weighted by molar-refractivity contribution is 7.19. The van der Waals surface area contributed by atoms with Gasteiger partial charge in [-0.25, -0.2) is 0 Å². The number of aromatic nitrogens is 2. The normalized spacial score (nSPS) is 10.9. The van der Waals surface area contributed by atoms with E-state index in [1.54, 1.807) is 6.26 Å². The molecule has 0 aliphatic heterocycles. The van der Waals surface area contributed by atoms with Crippen molar-refractivity contribution in [2.75, 3.05) is 5.73 Å². The minimum Gasteiger partial charge on any atom is -0.469 e. The van der Waals surface area contributed by atoms with Crippen LogP contribution in [0, 0.1) is 6.92 Å². The van der Waals surface area contributed by atoms with Gasteiger partial charge in [0.1, 0.15) is 5.76 Å². The van der Waals surface area contributed by atoms with Gasteiger partial charge < -0.3 is 14.7 Å². The van der Waals surface area contributed by atoms with E-state index in [4.69, 9.17) is 14.7 Å². The number of thiophene rings is 1. The topological polar surface area (TPSA) is 78.1 Å². The summed E-state index contributed by atoms with van der Waals surface area (Å²) < 4.78 is 10.4. The zero-order valence-corrected chi connectivity index (χ0v) is 9.82. The van der Waals surface area contributed by atoms with Crippen LogP contribution >= 0.6 is 11.3 Å². The zero-order chi connectivity index (χ0) is 11.8. The fourth-order valence-corrected chi connectivity index (χ4v) is 2.21. The van der Waals surface area contributed by atoms with Gasteiger partial charge in [-0.2, -0.15) is 4.98 Å². The molecule has 17 heavy (non-hydrogen) atoms. The van der Waals surface area contributed by atoms with Gasteiger partial charge in [-0.1, -0.05) is 5.16 Å². The van der Waals surface area contributed by atoms with E-state index in [9.17, 15) is 0 Å². The number of aryl methyl sites for hydroxylation is 1. The molecule has 0 aliphatic rings. The molecule has 5 nitrogen and oxygen atoms in total. The van der Waals surface area contributed by atoms with Crippen molar-refractivity contribution in [3.63, 3.8) is 0 Å². The maximum Gasteiger partial charge on any atom is 0.268 e. The molecule has 0 aromatic carbocycles. The fraction of sp³-hybridized carbons (Fsp3) is 0.0909. The van der Waals surface area contributed by atoms with Crippen LogP contribution in [0.1, 0.15) is 5.76 Å². The van der Waals surface area contributed by atoms with E-state index >= 15 is 0 Å². The lowest BCUT2D eigenvalue weighted by atomic mass is 10.2. The molecular formula is C11H9N3O2S. The van der Waals surface area contributed by atoms with Crippen LogP contribution in [-0.4, -0.2) is 10.1 Å². The molecule has 0 atom stereocenters. The number of furan rings is 1. The Bertz CT molecular complexity index is 653. The number of rotatable bonds is 2. The number of nitrogens with zero attached hydrogens (tertiary/aromatic N) is 2. The monoisotopic (exact) mass is 247 g/mol. The Kier molecular flexibility index (Phi) is 2.22. The van der Waals surface area contributed by atoms with Crippen LogP contribution in [0.4, 0.5) is 5.00 Å². The van der Waals surface area contributed by atoms with Crippen molar-refractivity contribution in [2.45, 2.75) is 6.92 Å². The molecule has 6 heteroatoms. The van der Waals surface area contributed by atoms with Crippen molar-refractivity contribution >= 4 is 16.3 Å². The number of nitrogen functional groups attached to an aromatic ring is 1. The van der Waals surface area contributed by atoms with Crippen LogP contribution in [-0.2, 0) is 0 Å². The van der Waals surface area contributed by atoms with Gasteiger partial charge in [0.2, 0.25) is 5.82 Å². The van der Waals surface area contributed by atoms with E-state index < -0.39 is 0 Å². The first kappa shape index (κ1) is 10.1. The van der Waals surface area contributed by atoms with Crippen molar-refractivity contribution in [3.05, 3.63) is 30.2 Å². The Labute approximate surface area is 101 Å². The first-order chi connectivity index (χ1) is 8.24. The molecule has 0 unspecified atom stereocenters. The molecule has 0 aliphatic carbocycles. The highest BCUT2D eigenvalue weighted by Gasteiger charge is 2.14. The average molecular weight is 247 g/mol. The van der Waals surface area contributed by atoms with Gasteiger partial charge in [-0.15, -0.1) is 11.3 Å². The van der Waals surface area contributed by atoms with Crippen molar-refractivity contribution in [1.29, 1.82) is 0 Å². The van der Waals surface area contributed by atoms with E-state index in [0.717, 1.165) is 21.2 Å². The second-order valence-electron chi connectivity index (χ2n) is 3.52. The molecule has 0 saturated heterocycles. The standard InChI is InChI=1S/C11H9N3O2S/c1-6-7(4-5-15-6)10-13-11(16-14-10)8-2-3-9(12)17-8/h2-5H,12H2,1H3. The molecule has 0 amide bonds. The maximum absolute atomic E-state index is 5.66. The largest absolute Gasteiger partial charge is 0.469 e. The molecule has 3 aromatic heterocycles. The van der Waals surface area contributed by atoms with Crippen LogP contribution in [0.3, 0.4) is 0 Å². The van der Waals surface area contributed by atoms with E-state index in [2.05, 4.69) is 10.1 Å². The van der Waals surface area contributed by atoms with Crippen molar-refractivity contribution in [3.8, 4) is 22.2 Å². The van der Waals surface area contributed by atoms with Crippen LogP contribution in [0.5, 0.6) is 0 Å². The summed E-state index contributed by atoms with van der Waals surface area (Å²) in [6.07, 6.45) is 1.60. The minimum atomic E-state index is 0.474.